The van der Waals surface area contributed by atoms with E-state index in [1.807, 2.05) is 49.1 Å². The first-order valence-corrected chi connectivity index (χ1v) is 10.4. The van der Waals surface area contributed by atoms with Crippen LogP contribution in [0.1, 0.15) is 20.3 Å². The third-order valence-corrected chi connectivity index (χ3v) is 5.33. The quantitative estimate of drug-likeness (QED) is 0.734. The zero-order chi connectivity index (χ0) is 21.5. The Hall–Kier alpha value is -3.00. The maximum atomic E-state index is 12.7. The van der Waals surface area contributed by atoms with Crippen LogP contribution >= 0.6 is 0 Å². The standard InChI is InChI=1S/C22H29N5O3/c1-3-17(2)23-20(28)15-25-11-13-26(14-12-25)22(30)16-27-21(29)10-9-19(24-27)18-7-5-4-6-8-18/h4-10,17H,3,11-16H2,1-2H3,(H,23,28). The molecule has 30 heavy (non-hydrogen) atoms. The SMILES string of the molecule is CCC(C)NC(=O)CN1CCN(C(=O)Cn2nc(-c3ccccc3)ccc2=O)CC1. The highest BCUT2D eigenvalue weighted by molar-refractivity contribution is 5.78. The van der Waals surface area contributed by atoms with Crippen molar-refractivity contribution in [2.45, 2.75) is 32.9 Å². The van der Waals surface area contributed by atoms with Gasteiger partial charge in [-0.3, -0.25) is 19.3 Å². The Morgan fingerprint density at radius 3 is 2.40 bits per heavy atom. The third-order valence-electron chi connectivity index (χ3n) is 5.33. The second-order valence-electron chi connectivity index (χ2n) is 7.61. The average Bonchev–Trinajstić information content (AvgIpc) is 2.76. The van der Waals surface area contributed by atoms with Crippen molar-refractivity contribution in [3.63, 3.8) is 0 Å². The summed E-state index contributed by atoms with van der Waals surface area (Å²) in [6, 6.07) is 12.8. The zero-order valence-corrected chi connectivity index (χ0v) is 17.6. The molecule has 0 bridgehead atoms. The maximum Gasteiger partial charge on any atom is 0.267 e. The number of hydrogen-bond acceptors (Lipinski definition) is 5. The Labute approximate surface area is 176 Å². The van der Waals surface area contributed by atoms with Gasteiger partial charge in [0.05, 0.1) is 12.2 Å². The van der Waals surface area contributed by atoms with Crippen molar-refractivity contribution in [1.82, 2.24) is 24.9 Å². The maximum absolute atomic E-state index is 12.7. The number of piperazine rings is 1. The van der Waals surface area contributed by atoms with Gasteiger partial charge in [0, 0.05) is 43.9 Å². The number of carbonyl (C=O) groups excluding carboxylic acids is 2. The summed E-state index contributed by atoms with van der Waals surface area (Å²) in [7, 11) is 0. The summed E-state index contributed by atoms with van der Waals surface area (Å²) in [6.07, 6.45) is 0.896. The van der Waals surface area contributed by atoms with Crippen LogP contribution in [0.25, 0.3) is 11.3 Å². The van der Waals surface area contributed by atoms with Crippen LogP contribution < -0.4 is 10.9 Å². The van der Waals surface area contributed by atoms with Gasteiger partial charge >= 0.3 is 0 Å². The van der Waals surface area contributed by atoms with Crippen LogP contribution in [0.3, 0.4) is 0 Å². The van der Waals surface area contributed by atoms with Crippen molar-refractivity contribution in [3.05, 3.63) is 52.8 Å². The van der Waals surface area contributed by atoms with Crippen molar-refractivity contribution in [2.75, 3.05) is 32.7 Å². The largest absolute Gasteiger partial charge is 0.353 e. The van der Waals surface area contributed by atoms with Crippen molar-refractivity contribution >= 4 is 11.8 Å². The minimum absolute atomic E-state index is 0.0117. The Balaban J connectivity index is 1.55. The molecule has 1 fully saturated rings. The lowest BCUT2D eigenvalue weighted by Crippen LogP contribution is -2.52. The first-order chi connectivity index (χ1) is 14.5. The van der Waals surface area contributed by atoms with Gasteiger partial charge in [0.25, 0.3) is 5.56 Å². The fourth-order valence-corrected chi connectivity index (χ4v) is 3.33. The van der Waals surface area contributed by atoms with Gasteiger partial charge in [-0.2, -0.15) is 5.10 Å². The topological polar surface area (TPSA) is 87.5 Å². The van der Waals surface area contributed by atoms with Crippen LogP contribution in [0, 0.1) is 0 Å². The van der Waals surface area contributed by atoms with Crippen molar-refractivity contribution < 1.29 is 9.59 Å². The van der Waals surface area contributed by atoms with E-state index in [2.05, 4.69) is 10.4 Å². The number of amides is 2. The van der Waals surface area contributed by atoms with Gasteiger partial charge in [-0.25, -0.2) is 4.68 Å². The molecule has 8 heteroatoms. The number of benzene rings is 1. The molecule has 160 valence electrons. The van der Waals surface area contributed by atoms with Gasteiger partial charge in [-0.05, 0) is 19.4 Å². The second kappa shape index (κ2) is 10.2. The Morgan fingerprint density at radius 2 is 1.73 bits per heavy atom. The molecule has 1 aromatic heterocycles. The van der Waals surface area contributed by atoms with E-state index in [-0.39, 0.29) is 30.0 Å². The molecule has 2 amide bonds. The molecule has 1 unspecified atom stereocenters. The lowest BCUT2D eigenvalue weighted by Gasteiger charge is -2.34. The van der Waals surface area contributed by atoms with E-state index in [9.17, 15) is 14.4 Å². The molecule has 1 N–H and O–H groups in total. The van der Waals surface area contributed by atoms with Gasteiger partial charge in [0.1, 0.15) is 6.54 Å². The summed E-state index contributed by atoms with van der Waals surface area (Å²) >= 11 is 0. The smallest absolute Gasteiger partial charge is 0.267 e. The molecule has 0 aliphatic carbocycles. The van der Waals surface area contributed by atoms with E-state index in [1.54, 1.807) is 11.0 Å². The number of hydrogen-bond donors (Lipinski definition) is 1. The van der Waals surface area contributed by atoms with Gasteiger partial charge in [-0.15, -0.1) is 0 Å². The van der Waals surface area contributed by atoms with Crippen LogP contribution in [0.5, 0.6) is 0 Å². The predicted octanol–water partition coefficient (Wildman–Crippen LogP) is 0.969. The van der Waals surface area contributed by atoms with E-state index >= 15 is 0 Å². The molecule has 0 saturated carbocycles. The molecule has 8 nitrogen and oxygen atoms in total. The predicted molar refractivity (Wildman–Crippen MR) is 115 cm³/mol. The van der Waals surface area contributed by atoms with Crippen molar-refractivity contribution in [1.29, 1.82) is 0 Å². The molecule has 1 aliphatic rings. The molecule has 2 aromatic rings. The fourth-order valence-electron chi connectivity index (χ4n) is 3.33. The van der Waals surface area contributed by atoms with E-state index < -0.39 is 0 Å². The number of nitrogens with one attached hydrogen (secondary N) is 1. The van der Waals surface area contributed by atoms with Gasteiger partial charge < -0.3 is 10.2 Å². The first kappa shape index (κ1) is 21.7. The normalized spacial score (nSPS) is 15.6. The third kappa shape index (κ3) is 5.76. The zero-order valence-electron chi connectivity index (χ0n) is 17.6. The molecule has 1 atom stereocenters. The number of nitrogens with zero attached hydrogens (tertiary/aromatic N) is 4. The highest BCUT2D eigenvalue weighted by Crippen LogP contribution is 2.14. The van der Waals surface area contributed by atoms with E-state index in [1.165, 1.54) is 10.7 Å². The molecule has 3 rings (SSSR count). The van der Waals surface area contributed by atoms with E-state index in [4.69, 9.17) is 0 Å². The lowest BCUT2D eigenvalue weighted by molar-refractivity contribution is -0.134. The Morgan fingerprint density at radius 1 is 1.03 bits per heavy atom. The molecule has 1 saturated heterocycles. The fraction of sp³-hybridized carbons (Fsp3) is 0.455. The average molecular weight is 412 g/mol. The van der Waals surface area contributed by atoms with E-state index in [0.29, 0.717) is 38.4 Å². The number of aromatic nitrogens is 2. The Kier molecular flexibility index (Phi) is 7.35. The highest BCUT2D eigenvalue weighted by Gasteiger charge is 2.23. The summed E-state index contributed by atoms with van der Waals surface area (Å²) < 4.78 is 1.22. The van der Waals surface area contributed by atoms with Crippen LogP contribution in [0.4, 0.5) is 0 Å². The Bertz CT molecular complexity index is 920. The number of carbonyl (C=O) groups is 2. The molecule has 2 heterocycles. The first-order valence-electron chi connectivity index (χ1n) is 10.4. The molecular weight excluding hydrogens is 382 g/mol. The molecule has 1 aliphatic heterocycles. The lowest BCUT2D eigenvalue weighted by atomic mass is 10.1. The molecule has 1 aromatic carbocycles. The van der Waals surface area contributed by atoms with Crippen LogP contribution in [0.15, 0.2) is 47.3 Å². The summed E-state index contributed by atoms with van der Waals surface area (Å²) in [4.78, 5) is 40.7. The van der Waals surface area contributed by atoms with Crippen molar-refractivity contribution in [2.24, 2.45) is 0 Å². The molecule has 0 spiro atoms. The molecule has 0 radical (unpaired) electrons. The summed E-state index contributed by atoms with van der Waals surface area (Å²) in [5, 5.41) is 7.32. The minimum atomic E-state index is -0.302. The van der Waals surface area contributed by atoms with Crippen molar-refractivity contribution in [3.8, 4) is 11.3 Å². The monoisotopic (exact) mass is 411 g/mol. The van der Waals surface area contributed by atoms with Crippen LogP contribution in [-0.4, -0.2) is 70.2 Å². The number of rotatable bonds is 7. The van der Waals surface area contributed by atoms with Gasteiger partial charge in [-0.1, -0.05) is 37.3 Å². The highest BCUT2D eigenvalue weighted by atomic mass is 16.2. The summed E-state index contributed by atoms with van der Waals surface area (Å²) in [5.74, 6) is -0.129. The van der Waals surface area contributed by atoms with E-state index in [0.717, 1.165) is 12.0 Å². The summed E-state index contributed by atoms with van der Waals surface area (Å²) in [5.41, 5.74) is 1.24. The molecular formula is C22H29N5O3. The van der Waals surface area contributed by atoms with Gasteiger partial charge in [0.15, 0.2) is 0 Å². The van der Waals surface area contributed by atoms with Crippen LogP contribution in [0.2, 0.25) is 0 Å². The van der Waals surface area contributed by atoms with Gasteiger partial charge in [0.2, 0.25) is 11.8 Å². The van der Waals surface area contributed by atoms with Crippen LogP contribution in [-0.2, 0) is 16.1 Å². The second-order valence-corrected chi connectivity index (χ2v) is 7.61. The minimum Gasteiger partial charge on any atom is -0.353 e. The summed E-state index contributed by atoms with van der Waals surface area (Å²) in [6.45, 7) is 6.59.